The molecule has 0 amide bonds. The summed E-state index contributed by atoms with van der Waals surface area (Å²) < 4.78 is 0. The van der Waals surface area contributed by atoms with Crippen molar-refractivity contribution < 1.29 is 9.90 Å². The predicted octanol–water partition coefficient (Wildman–Crippen LogP) is 4.26. The minimum Gasteiger partial charge on any atom is -0.481 e. The van der Waals surface area contributed by atoms with E-state index in [9.17, 15) is 9.90 Å². The first-order valence-electron chi connectivity index (χ1n) is 6.82. The van der Waals surface area contributed by atoms with Gasteiger partial charge in [0.1, 0.15) is 0 Å². The second-order valence-corrected chi connectivity index (χ2v) is 5.02. The fourth-order valence-electron chi connectivity index (χ4n) is 2.62. The summed E-state index contributed by atoms with van der Waals surface area (Å²) in [4.78, 5) is 15.9. The molecule has 0 aliphatic carbocycles. The Labute approximate surface area is 135 Å². The van der Waals surface area contributed by atoms with E-state index < -0.39 is 5.97 Å². The molecular weight excluding hydrogens is 298 g/mol. The van der Waals surface area contributed by atoms with Gasteiger partial charge in [0.05, 0.1) is 17.6 Å². The highest BCUT2D eigenvalue weighted by Gasteiger charge is 2.15. The summed E-state index contributed by atoms with van der Waals surface area (Å²) in [7, 11) is 0. The van der Waals surface area contributed by atoms with Gasteiger partial charge in [0.15, 0.2) is 0 Å². The second-order valence-electron chi connectivity index (χ2n) is 5.02. The van der Waals surface area contributed by atoms with E-state index in [4.69, 9.17) is 4.98 Å². The van der Waals surface area contributed by atoms with Crippen LogP contribution in [-0.4, -0.2) is 16.1 Å². The monoisotopic (exact) mass is 313 g/mol. The van der Waals surface area contributed by atoms with Gasteiger partial charge in [0, 0.05) is 10.9 Å². The molecule has 2 aromatic carbocycles. The van der Waals surface area contributed by atoms with Crippen molar-refractivity contribution in [3.05, 3.63) is 65.7 Å². The molecular formula is C18H16ClNO2. The number of pyridine rings is 1. The average molecular weight is 314 g/mol. The van der Waals surface area contributed by atoms with Crippen molar-refractivity contribution in [2.75, 3.05) is 0 Å². The number of aliphatic carboxylic acids is 1. The predicted molar refractivity (Wildman–Crippen MR) is 90.5 cm³/mol. The number of carboxylic acid groups (broad SMARTS) is 1. The molecule has 0 aliphatic rings. The van der Waals surface area contributed by atoms with Crippen molar-refractivity contribution in [1.29, 1.82) is 0 Å². The van der Waals surface area contributed by atoms with Gasteiger partial charge in [0.25, 0.3) is 0 Å². The summed E-state index contributed by atoms with van der Waals surface area (Å²) in [6, 6.07) is 17.6. The number of hydrogen-bond acceptors (Lipinski definition) is 2. The average Bonchev–Trinajstić information content (AvgIpc) is 2.50. The van der Waals surface area contributed by atoms with Crippen molar-refractivity contribution in [2.24, 2.45) is 0 Å². The fraction of sp³-hybridized carbons (Fsp3) is 0.111. The first-order valence-corrected chi connectivity index (χ1v) is 6.82. The zero-order valence-corrected chi connectivity index (χ0v) is 12.9. The third-order valence-corrected chi connectivity index (χ3v) is 3.65. The van der Waals surface area contributed by atoms with Gasteiger partial charge in [-0.05, 0) is 24.1 Å². The van der Waals surface area contributed by atoms with Gasteiger partial charge in [-0.2, -0.15) is 0 Å². The van der Waals surface area contributed by atoms with Gasteiger partial charge >= 0.3 is 5.97 Å². The maximum Gasteiger partial charge on any atom is 0.307 e. The largest absolute Gasteiger partial charge is 0.481 e. The van der Waals surface area contributed by atoms with Gasteiger partial charge < -0.3 is 5.11 Å². The summed E-state index contributed by atoms with van der Waals surface area (Å²) in [5.74, 6) is -0.840. The molecule has 1 heterocycles. The van der Waals surface area contributed by atoms with Crippen LogP contribution >= 0.6 is 12.4 Å². The van der Waals surface area contributed by atoms with E-state index in [0.29, 0.717) is 0 Å². The molecule has 0 atom stereocenters. The van der Waals surface area contributed by atoms with Gasteiger partial charge in [-0.1, -0.05) is 48.5 Å². The second kappa shape index (κ2) is 6.58. The molecule has 0 unspecified atom stereocenters. The van der Waals surface area contributed by atoms with E-state index in [-0.39, 0.29) is 18.8 Å². The Morgan fingerprint density at radius 2 is 1.68 bits per heavy atom. The Morgan fingerprint density at radius 1 is 1.05 bits per heavy atom. The molecule has 0 fully saturated rings. The minimum absolute atomic E-state index is 0. The van der Waals surface area contributed by atoms with E-state index in [0.717, 1.165) is 33.3 Å². The topological polar surface area (TPSA) is 50.2 Å². The van der Waals surface area contributed by atoms with Gasteiger partial charge in [-0.25, -0.2) is 4.98 Å². The number of aromatic nitrogens is 1. The molecule has 3 aromatic rings. The van der Waals surface area contributed by atoms with Crippen LogP contribution in [-0.2, 0) is 11.2 Å². The van der Waals surface area contributed by atoms with E-state index in [2.05, 4.69) is 0 Å². The summed E-state index contributed by atoms with van der Waals surface area (Å²) >= 11 is 0. The third-order valence-electron chi connectivity index (χ3n) is 3.65. The number of hydrogen-bond donors (Lipinski definition) is 1. The smallest absolute Gasteiger partial charge is 0.307 e. The van der Waals surface area contributed by atoms with Crippen LogP contribution in [0.5, 0.6) is 0 Å². The highest BCUT2D eigenvalue weighted by Crippen LogP contribution is 2.29. The number of fused-ring (bicyclic) bond motifs is 1. The SMILES string of the molecule is Cc1c(CC(=O)O)c(-c2ccccc2)nc2ccccc12.Cl. The molecule has 0 spiro atoms. The number of para-hydroxylation sites is 1. The van der Waals surface area contributed by atoms with Crippen molar-refractivity contribution in [1.82, 2.24) is 4.98 Å². The molecule has 0 saturated carbocycles. The molecule has 0 aliphatic heterocycles. The lowest BCUT2D eigenvalue weighted by Gasteiger charge is -2.13. The standard InChI is InChI=1S/C18H15NO2.ClH/c1-12-14-9-5-6-10-16(14)19-18(15(12)11-17(20)21)13-7-3-2-4-8-13;/h2-10H,11H2,1H3,(H,20,21);1H. The zero-order valence-electron chi connectivity index (χ0n) is 12.1. The number of benzene rings is 2. The molecule has 1 N–H and O–H groups in total. The van der Waals surface area contributed by atoms with Gasteiger partial charge in [-0.15, -0.1) is 12.4 Å². The molecule has 0 bridgehead atoms. The van der Waals surface area contributed by atoms with E-state index in [1.807, 2.05) is 61.5 Å². The van der Waals surface area contributed by atoms with Crippen LogP contribution in [0.4, 0.5) is 0 Å². The van der Waals surface area contributed by atoms with Crippen LogP contribution in [0.1, 0.15) is 11.1 Å². The first kappa shape index (κ1) is 16.0. The Kier molecular flexibility index (Phi) is 4.78. The lowest BCUT2D eigenvalue weighted by molar-refractivity contribution is -0.136. The Hall–Kier alpha value is -2.39. The van der Waals surface area contributed by atoms with Crippen LogP contribution in [0.15, 0.2) is 54.6 Å². The molecule has 3 rings (SSSR count). The van der Waals surface area contributed by atoms with E-state index >= 15 is 0 Å². The number of carboxylic acids is 1. The lowest BCUT2D eigenvalue weighted by Crippen LogP contribution is -2.06. The Balaban J connectivity index is 0.00000176. The normalized spacial score (nSPS) is 10.2. The fourth-order valence-corrected chi connectivity index (χ4v) is 2.62. The molecule has 4 heteroatoms. The number of aryl methyl sites for hydroxylation is 1. The van der Waals surface area contributed by atoms with Crippen LogP contribution in [0, 0.1) is 6.92 Å². The highest BCUT2D eigenvalue weighted by atomic mass is 35.5. The summed E-state index contributed by atoms with van der Waals surface area (Å²) in [5.41, 5.74) is 4.37. The van der Waals surface area contributed by atoms with Crippen molar-refractivity contribution in [2.45, 2.75) is 13.3 Å². The molecule has 3 nitrogen and oxygen atoms in total. The summed E-state index contributed by atoms with van der Waals surface area (Å²) in [6.07, 6.45) is -0.0199. The number of carbonyl (C=O) groups is 1. The summed E-state index contributed by atoms with van der Waals surface area (Å²) in [5, 5.41) is 10.2. The Bertz CT molecular complexity index is 816. The number of rotatable bonds is 3. The van der Waals surface area contributed by atoms with Gasteiger partial charge in [-0.3, -0.25) is 4.79 Å². The quantitative estimate of drug-likeness (QED) is 0.786. The third kappa shape index (κ3) is 2.95. The first-order chi connectivity index (χ1) is 10.2. The molecule has 112 valence electrons. The van der Waals surface area contributed by atoms with Gasteiger partial charge in [0.2, 0.25) is 0 Å². The molecule has 22 heavy (non-hydrogen) atoms. The molecule has 1 aromatic heterocycles. The minimum atomic E-state index is -0.840. The van der Waals surface area contributed by atoms with Crippen molar-refractivity contribution in [3.63, 3.8) is 0 Å². The molecule has 0 radical (unpaired) electrons. The Morgan fingerprint density at radius 3 is 2.36 bits per heavy atom. The number of halogens is 1. The van der Waals surface area contributed by atoms with Crippen LogP contribution in [0.25, 0.3) is 22.2 Å². The van der Waals surface area contributed by atoms with E-state index in [1.54, 1.807) is 0 Å². The zero-order chi connectivity index (χ0) is 14.8. The highest BCUT2D eigenvalue weighted by molar-refractivity contribution is 5.89. The van der Waals surface area contributed by atoms with Crippen LogP contribution in [0.3, 0.4) is 0 Å². The molecule has 0 saturated heterocycles. The van der Waals surface area contributed by atoms with Crippen molar-refractivity contribution >= 4 is 29.3 Å². The van der Waals surface area contributed by atoms with Crippen LogP contribution < -0.4 is 0 Å². The maximum absolute atomic E-state index is 11.2. The lowest BCUT2D eigenvalue weighted by atomic mass is 9.95. The van der Waals surface area contributed by atoms with Crippen molar-refractivity contribution in [3.8, 4) is 11.3 Å². The van der Waals surface area contributed by atoms with E-state index in [1.165, 1.54) is 0 Å². The maximum atomic E-state index is 11.2. The van der Waals surface area contributed by atoms with Crippen LogP contribution in [0.2, 0.25) is 0 Å². The number of nitrogens with zero attached hydrogens (tertiary/aromatic N) is 1. The summed E-state index contributed by atoms with van der Waals surface area (Å²) in [6.45, 7) is 1.97.